The summed E-state index contributed by atoms with van der Waals surface area (Å²) in [6, 6.07) is 11.9. The molecular formula is C23H24N4O3. The van der Waals surface area contributed by atoms with Crippen LogP contribution in [0.25, 0.3) is 22.5 Å². The number of rotatable bonds is 6. The van der Waals surface area contributed by atoms with Crippen LogP contribution < -0.4 is 9.47 Å². The lowest BCUT2D eigenvalue weighted by molar-refractivity contribution is 0.355. The van der Waals surface area contributed by atoms with Gasteiger partial charge in [-0.2, -0.15) is 0 Å². The molecule has 2 aromatic heterocycles. The summed E-state index contributed by atoms with van der Waals surface area (Å²) < 4.78 is 17.9. The molecule has 0 atom stereocenters. The van der Waals surface area contributed by atoms with Gasteiger partial charge in [0.25, 0.3) is 0 Å². The Morgan fingerprint density at radius 3 is 2.40 bits per heavy atom. The van der Waals surface area contributed by atoms with Crippen LogP contribution in [0.5, 0.6) is 11.5 Å². The molecule has 2 aromatic carbocycles. The van der Waals surface area contributed by atoms with Crippen LogP contribution in [0.1, 0.15) is 22.5 Å². The van der Waals surface area contributed by atoms with Crippen LogP contribution in [0.4, 0.5) is 0 Å². The predicted octanol–water partition coefficient (Wildman–Crippen LogP) is 4.59. The van der Waals surface area contributed by atoms with Crippen molar-refractivity contribution in [2.24, 2.45) is 0 Å². The standard InChI is InChI=1S/C23H24N4O3/c1-14-8-16(3)19(9-15(14)2)21-13-27(26-24-21)12-18-11-20(25-30-18)17-6-7-22(28-4)23(10-17)29-5/h6-11,13H,12H2,1-5H3. The van der Waals surface area contributed by atoms with Gasteiger partial charge in [0.1, 0.15) is 17.9 Å². The van der Waals surface area contributed by atoms with E-state index in [1.54, 1.807) is 18.9 Å². The van der Waals surface area contributed by atoms with Gasteiger partial charge in [0, 0.05) is 17.2 Å². The molecule has 7 nitrogen and oxygen atoms in total. The van der Waals surface area contributed by atoms with E-state index in [-0.39, 0.29) is 0 Å². The fourth-order valence-electron chi connectivity index (χ4n) is 3.41. The van der Waals surface area contributed by atoms with Crippen LogP contribution >= 0.6 is 0 Å². The van der Waals surface area contributed by atoms with Gasteiger partial charge in [-0.1, -0.05) is 16.4 Å². The average molecular weight is 404 g/mol. The first kappa shape index (κ1) is 19.7. The molecule has 154 valence electrons. The highest BCUT2D eigenvalue weighted by molar-refractivity contribution is 5.65. The first-order valence-corrected chi connectivity index (χ1v) is 9.65. The van der Waals surface area contributed by atoms with Crippen LogP contribution in [0.15, 0.2) is 47.1 Å². The van der Waals surface area contributed by atoms with Crippen molar-refractivity contribution in [3.63, 3.8) is 0 Å². The molecule has 0 aliphatic rings. The minimum atomic E-state index is 0.442. The molecule has 4 rings (SSSR count). The molecule has 0 N–H and O–H groups in total. The van der Waals surface area contributed by atoms with Crippen LogP contribution in [0.3, 0.4) is 0 Å². The van der Waals surface area contributed by atoms with E-state index in [1.165, 1.54) is 16.7 Å². The number of aromatic nitrogens is 4. The van der Waals surface area contributed by atoms with Gasteiger partial charge >= 0.3 is 0 Å². The third-order valence-electron chi connectivity index (χ3n) is 5.21. The summed E-state index contributed by atoms with van der Waals surface area (Å²) >= 11 is 0. The van der Waals surface area contributed by atoms with Gasteiger partial charge in [0.2, 0.25) is 0 Å². The Bertz CT molecular complexity index is 1190. The maximum atomic E-state index is 5.52. The topological polar surface area (TPSA) is 75.2 Å². The monoisotopic (exact) mass is 404 g/mol. The third-order valence-corrected chi connectivity index (χ3v) is 5.21. The second-order valence-electron chi connectivity index (χ2n) is 7.30. The molecule has 0 fully saturated rings. The Labute approximate surface area is 175 Å². The highest BCUT2D eigenvalue weighted by atomic mass is 16.5. The second kappa shape index (κ2) is 8.02. The quantitative estimate of drug-likeness (QED) is 0.468. The summed E-state index contributed by atoms with van der Waals surface area (Å²) in [5, 5.41) is 12.8. The Balaban J connectivity index is 1.55. The van der Waals surface area contributed by atoms with E-state index >= 15 is 0 Å². The van der Waals surface area contributed by atoms with Crippen molar-refractivity contribution >= 4 is 0 Å². The third kappa shape index (κ3) is 3.78. The van der Waals surface area contributed by atoms with Crippen molar-refractivity contribution in [2.75, 3.05) is 14.2 Å². The maximum Gasteiger partial charge on any atom is 0.161 e. The number of hydrogen-bond acceptors (Lipinski definition) is 6. The number of hydrogen-bond donors (Lipinski definition) is 0. The Morgan fingerprint density at radius 2 is 1.63 bits per heavy atom. The largest absolute Gasteiger partial charge is 0.493 e. The highest BCUT2D eigenvalue weighted by Crippen LogP contribution is 2.32. The SMILES string of the molecule is COc1ccc(-c2cc(Cn3cc(-c4cc(C)c(C)cc4C)nn3)on2)cc1OC. The summed E-state index contributed by atoms with van der Waals surface area (Å²) in [7, 11) is 3.22. The number of aryl methyl sites for hydroxylation is 3. The van der Waals surface area contributed by atoms with Crippen molar-refractivity contribution in [2.45, 2.75) is 27.3 Å². The molecule has 0 saturated heterocycles. The molecule has 0 aliphatic carbocycles. The molecule has 0 unspecified atom stereocenters. The minimum absolute atomic E-state index is 0.442. The number of nitrogens with zero attached hydrogens (tertiary/aromatic N) is 4. The minimum Gasteiger partial charge on any atom is -0.493 e. The van der Waals surface area contributed by atoms with Gasteiger partial charge in [-0.3, -0.25) is 0 Å². The maximum absolute atomic E-state index is 5.52. The summed E-state index contributed by atoms with van der Waals surface area (Å²) in [5.41, 5.74) is 7.22. The molecule has 0 spiro atoms. The summed E-state index contributed by atoms with van der Waals surface area (Å²) in [4.78, 5) is 0. The van der Waals surface area contributed by atoms with E-state index in [4.69, 9.17) is 14.0 Å². The van der Waals surface area contributed by atoms with Crippen molar-refractivity contribution in [3.05, 3.63) is 65.0 Å². The van der Waals surface area contributed by atoms with Gasteiger partial charge in [-0.05, 0) is 61.7 Å². The van der Waals surface area contributed by atoms with Gasteiger partial charge in [0.05, 0.1) is 20.4 Å². The van der Waals surface area contributed by atoms with Crippen molar-refractivity contribution in [3.8, 4) is 34.0 Å². The first-order chi connectivity index (χ1) is 14.5. The lowest BCUT2D eigenvalue weighted by Gasteiger charge is -2.07. The molecular weight excluding hydrogens is 380 g/mol. The molecule has 7 heteroatoms. The van der Waals surface area contributed by atoms with Gasteiger partial charge < -0.3 is 14.0 Å². The summed E-state index contributed by atoms with van der Waals surface area (Å²) in [6.07, 6.45) is 1.93. The van der Waals surface area contributed by atoms with Crippen LogP contribution in [-0.4, -0.2) is 34.4 Å². The smallest absolute Gasteiger partial charge is 0.161 e. The van der Waals surface area contributed by atoms with Gasteiger partial charge in [-0.25, -0.2) is 4.68 Å². The van der Waals surface area contributed by atoms with Crippen molar-refractivity contribution in [1.82, 2.24) is 20.2 Å². The zero-order valence-electron chi connectivity index (χ0n) is 17.8. The zero-order chi connectivity index (χ0) is 21.3. The number of methoxy groups -OCH3 is 2. The normalized spacial score (nSPS) is 11.0. The first-order valence-electron chi connectivity index (χ1n) is 9.65. The van der Waals surface area contributed by atoms with E-state index in [2.05, 4.69) is 48.4 Å². The molecule has 0 aliphatic heterocycles. The Hall–Kier alpha value is -3.61. The van der Waals surface area contributed by atoms with Gasteiger partial charge in [0.15, 0.2) is 17.3 Å². The average Bonchev–Trinajstić information content (AvgIpc) is 3.40. The number of ether oxygens (including phenoxy) is 2. The second-order valence-corrected chi connectivity index (χ2v) is 7.30. The number of benzene rings is 2. The predicted molar refractivity (Wildman–Crippen MR) is 114 cm³/mol. The fourth-order valence-corrected chi connectivity index (χ4v) is 3.41. The van der Waals surface area contributed by atoms with Crippen molar-refractivity contribution < 1.29 is 14.0 Å². The molecule has 30 heavy (non-hydrogen) atoms. The summed E-state index contributed by atoms with van der Waals surface area (Å²) in [6.45, 7) is 6.75. The Kier molecular flexibility index (Phi) is 5.27. The lowest BCUT2D eigenvalue weighted by Crippen LogP contribution is -1.98. The molecule has 0 amide bonds. The van der Waals surface area contributed by atoms with Crippen LogP contribution in [-0.2, 0) is 6.54 Å². The van der Waals surface area contributed by atoms with E-state index in [0.717, 1.165) is 22.5 Å². The summed E-state index contributed by atoms with van der Waals surface area (Å²) in [5.74, 6) is 2.00. The van der Waals surface area contributed by atoms with E-state index < -0.39 is 0 Å². The fraction of sp³-hybridized carbons (Fsp3) is 0.261. The molecule has 0 radical (unpaired) electrons. The Morgan fingerprint density at radius 1 is 0.867 bits per heavy atom. The van der Waals surface area contributed by atoms with E-state index in [9.17, 15) is 0 Å². The molecule has 0 bridgehead atoms. The van der Waals surface area contributed by atoms with Crippen LogP contribution in [0.2, 0.25) is 0 Å². The van der Waals surface area contributed by atoms with Crippen LogP contribution in [0, 0.1) is 20.8 Å². The van der Waals surface area contributed by atoms with Gasteiger partial charge in [-0.15, -0.1) is 5.10 Å². The highest BCUT2D eigenvalue weighted by Gasteiger charge is 2.13. The zero-order valence-corrected chi connectivity index (χ0v) is 17.8. The molecule has 2 heterocycles. The molecule has 4 aromatic rings. The molecule has 0 saturated carbocycles. The lowest BCUT2D eigenvalue weighted by atomic mass is 9.99. The van der Waals surface area contributed by atoms with E-state index in [1.807, 2.05) is 30.5 Å². The van der Waals surface area contributed by atoms with Crippen molar-refractivity contribution in [1.29, 1.82) is 0 Å². The van der Waals surface area contributed by atoms with E-state index in [0.29, 0.717) is 23.8 Å².